The number of hydrogen-bond donors (Lipinski definition) is 1. The first kappa shape index (κ1) is 23.1. The normalized spacial score (nSPS) is 15.1. The number of allylic oxidation sites excluding steroid dienone is 2. The molecule has 29 heavy (non-hydrogen) atoms. The molecule has 0 bridgehead atoms. The average molecular weight is 465 g/mol. The zero-order chi connectivity index (χ0) is 21.6. The van der Waals surface area contributed by atoms with Crippen LogP contribution < -0.4 is 0 Å². The Bertz CT molecular complexity index is 878. The van der Waals surface area contributed by atoms with Gasteiger partial charge in [0.2, 0.25) is 0 Å². The zero-order valence-corrected chi connectivity index (χ0v) is 19.4. The lowest BCUT2D eigenvalue weighted by molar-refractivity contribution is -0.144. The highest BCUT2D eigenvalue weighted by molar-refractivity contribution is 9.10. The van der Waals surface area contributed by atoms with Crippen LogP contribution in [0.5, 0.6) is 0 Å². The number of halogens is 1. The number of esters is 2. The average Bonchev–Trinajstić information content (AvgIpc) is 3.08. The van der Waals surface area contributed by atoms with Crippen LogP contribution in [0.25, 0.3) is 6.08 Å². The number of carbonyl (C=O) groups excluding carboxylic acids is 2. The van der Waals surface area contributed by atoms with Crippen LogP contribution in [-0.4, -0.2) is 35.8 Å². The van der Waals surface area contributed by atoms with E-state index in [1.807, 2.05) is 33.8 Å². The number of carbonyl (C=O) groups is 2. The standard InChI is InChI=1S/C22H29BrN2O4/c1-6-28-20(26)10-8-16-13(3)18(24-15(16)5)12-19-17(14(4)22(23)25-19)9-11-21(27)29-7-2/h12,25H,6-11H2,1-5H3/b18-12-. The van der Waals surface area contributed by atoms with E-state index in [1.54, 1.807) is 6.92 Å². The summed E-state index contributed by atoms with van der Waals surface area (Å²) in [7, 11) is 0. The van der Waals surface area contributed by atoms with Crippen molar-refractivity contribution in [3.8, 4) is 0 Å². The van der Waals surface area contributed by atoms with Crippen LogP contribution in [-0.2, 0) is 25.5 Å². The quantitative estimate of drug-likeness (QED) is 0.517. The third-order valence-corrected chi connectivity index (χ3v) is 5.76. The van der Waals surface area contributed by atoms with Crippen molar-refractivity contribution in [2.75, 3.05) is 13.2 Å². The van der Waals surface area contributed by atoms with Crippen molar-refractivity contribution in [3.63, 3.8) is 0 Å². The number of aromatic amines is 1. The van der Waals surface area contributed by atoms with Crippen LogP contribution in [0.15, 0.2) is 26.4 Å². The zero-order valence-electron chi connectivity index (χ0n) is 17.8. The van der Waals surface area contributed by atoms with Crippen LogP contribution in [0, 0.1) is 6.92 Å². The molecule has 0 unspecified atom stereocenters. The smallest absolute Gasteiger partial charge is 0.306 e. The van der Waals surface area contributed by atoms with E-state index in [4.69, 9.17) is 14.5 Å². The molecule has 0 fully saturated rings. The summed E-state index contributed by atoms with van der Waals surface area (Å²) in [5, 5.41) is 0. The van der Waals surface area contributed by atoms with Crippen molar-refractivity contribution >= 4 is 39.7 Å². The molecule has 2 heterocycles. The molecule has 0 aliphatic carbocycles. The van der Waals surface area contributed by atoms with E-state index in [-0.39, 0.29) is 11.9 Å². The second-order valence-electron chi connectivity index (χ2n) is 6.90. The molecule has 7 heteroatoms. The minimum Gasteiger partial charge on any atom is -0.466 e. The lowest BCUT2D eigenvalue weighted by Crippen LogP contribution is -2.06. The second kappa shape index (κ2) is 10.6. The largest absolute Gasteiger partial charge is 0.466 e. The Hall–Kier alpha value is -2.15. The highest BCUT2D eigenvalue weighted by Gasteiger charge is 2.20. The van der Waals surface area contributed by atoms with Crippen molar-refractivity contribution < 1.29 is 19.1 Å². The van der Waals surface area contributed by atoms with Crippen LogP contribution >= 0.6 is 15.9 Å². The minimum atomic E-state index is -0.199. The Morgan fingerprint density at radius 2 is 1.62 bits per heavy atom. The van der Waals surface area contributed by atoms with Crippen molar-refractivity contribution in [2.24, 2.45) is 4.99 Å². The molecule has 1 N–H and O–H groups in total. The molecule has 1 aliphatic heterocycles. The van der Waals surface area contributed by atoms with Gasteiger partial charge >= 0.3 is 11.9 Å². The highest BCUT2D eigenvalue weighted by atomic mass is 79.9. The van der Waals surface area contributed by atoms with Gasteiger partial charge < -0.3 is 14.5 Å². The lowest BCUT2D eigenvalue weighted by atomic mass is 10.00. The maximum absolute atomic E-state index is 11.8. The van der Waals surface area contributed by atoms with Gasteiger partial charge in [-0.2, -0.15) is 0 Å². The molecule has 1 aromatic heterocycles. The molecule has 0 aromatic carbocycles. The summed E-state index contributed by atoms with van der Waals surface area (Å²) in [5.41, 5.74) is 7.01. The molecule has 0 saturated heterocycles. The van der Waals surface area contributed by atoms with E-state index in [0.717, 1.165) is 44.0 Å². The summed E-state index contributed by atoms with van der Waals surface area (Å²) in [4.78, 5) is 31.5. The Balaban J connectivity index is 2.24. The lowest BCUT2D eigenvalue weighted by Gasteiger charge is -2.06. The van der Waals surface area contributed by atoms with Gasteiger partial charge in [0.1, 0.15) is 0 Å². The van der Waals surface area contributed by atoms with Crippen LogP contribution in [0.1, 0.15) is 63.8 Å². The first-order valence-corrected chi connectivity index (χ1v) is 10.7. The van der Waals surface area contributed by atoms with Crippen molar-refractivity contribution in [2.45, 2.75) is 60.3 Å². The number of ether oxygens (including phenoxy) is 2. The maximum Gasteiger partial charge on any atom is 0.306 e. The third kappa shape index (κ3) is 5.92. The van der Waals surface area contributed by atoms with Gasteiger partial charge in [-0.3, -0.25) is 14.6 Å². The van der Waals surface area contributed by atoms with E-state index < -0.39 is 0 Å². The minimum absolute atomic E-state index is 0.191. The molecule has 6 nitrogen and oxygen atoms in total. The summed E-state index contributed by atoms with van der Waals surface area (Å²) in [6, 6.07) is 0. The summed E-state index contributed by atoms with van der Waals surface area (Å²) in [6.45, 7) is 10.4. The van der Waals surface area contributed by atoms with Gasteiger partial charge in [0.15, 0.2) is 0 Å². The third-order valence-electron chi connectivity index (χ3n) is 4.96. The number of aromatic nitrogens is 1. The van der Waals surface area contributed by atoms with Crippen LogP contribution in [0.2, 0.25) is 0 Å². The fraction of sp³-hybridized carbons (Fsp3) is 0.500. The van der Waals surface area contributed by atoms with Gasteiger partial charge in [-0.15, -0.1) is 0 Å². The Morgan fingerprint density at radius 3 is 2.21 bits per heavy atom. The molecule has 1 aliphatic rings. The van der Waals surface area contributed by atoms with Gasteiger partial charge in [-0.1, -0.05) is 0 Å². The van der Waals surface area contributed by atoms with E-state index in [9.17, 15) is 9.59 Å². The van der Waals surface area contributed by atoms with E-state index in [2.05, 4.69) is 20.9 Å². The topological polar surface area (TPSA) is 80.8 Å². The fourth-order valence-electron chi connectivity index (χ4n) is 3.39. The summed E-state index contributed by atoms with van der Waals surface area (Å²) >= 11 is 3.55. The molecule has 2 rings (SSSR count). The van der Waals surface area contributed by atoms with Crippen LogP contribution in [0.4, 0.5) is 0 Å². The first-order chi connectivity index (χ1) is 13.8. The van der Waals surface area contributed by atoms with Crippen molar-refractivity contribution in [1.29, 1.82) is 0 Å². The summed E-state index contributed by atoms with van der Waals surface area (Å²) in [5.74, 6) is -0.391. The molecule has 0 radical (unpaired) electrons. The Labute approximate surface area is 180 Å². The van der Waals surface area contributed by atoms with Crippen molar-refractivity contribution in [1.82, 2.24) is 4.98 Å². The van der Waals surface area contributed by atoms with E-state index >= 15 is 0 Å². The molecular weight excluding hydrogens is 436 g/mol. The number of hydrogen-bond acceptors (Lipinski definition) is 5. The SMILES string of the molecule is CCOC(=O)CCC1=C(C)/C(=C/c2[nH]c(Br)c(C)c2CCC(=O)OCC)N=C1C. The van der Waals surface area contributed by atoms with Gasteiger partial charge in [0.05, 0.1) is 23.5 Å². The predicted molar refractivity (Wildman–Crippen MR) is 118 cm³/mol. The number of aliphatic imine (C=N–C) groups is 1. The van der Waals surface area contributed by atoms with E-state index in [0.29, 0.717) is 38.9 Å². The van der Waals surface area contributed by atoms with Crippen molar-refractivity contribution in [3.05, 3.63) is 38.3 Å². The molecule has 1 aromatic rings. The molecule has 158 valence electrons. The van der Waals surface area contributed by atoms with Gasteiger partial charge in [0, 0.05) is 24.2 Å². The first-order valence-electron chi connectivity index (χ1n) is 9.94. The fourth-order valence-corrected chi connectivity index (χ4v) is 3.84. The van der Waals surface area contributed by atoms with Crippen LogP contribution in [0.3, 0.4) is 0 Å². The molecule has 0 amide bonds. The highest BCUT2D eigenvalue weighted by Crippen LogP contribution is 2.32. The number of nitrogens with one attached hydrogen (secondary N) is 1. The number of nitrogens with zero attached hydrogens (tertiary/aromatic N) is 1. The molecular formula is C22H29BrN2O4. The second-order valence-corrected chi connectivity index (χ2v) is 7.69. The van der Waals surface area contributed by atoms with Gasteiger partial charge in [-0.25, -0.2) is 0 Å². The Kier molecular flexibility index (Phi) is 8.44. The van der Waals surface area contributed by atoms with Gasteiger partial charge in [0.25, 0.3) is 0 Å². The monoisotopic (exact) mass is 464 g/mol. The van der Waals surface area contributed by atoms with E-state index in [1.165, 1.54) is 0 Å². The molecule has 0 saturated carbocycles. The molecule has 0 atom stereocenters. The Morgan fingerprint density at radius 1 is 1.03 bits per heavy atom. The number of rotatable bonds is 9. The maximum atomic E-state index is 11.8. The summed E-state index contributed by atoms with van der Waals surface area (Å²) < 4.78 is 11.0. The summed E-state index contributed by atoms with van der Waals surface area (Å²) in [6.07, 6.45) is 3.89. The van der Waals surface area contributed by atoms with Gasteiger partial charge in [-0.05, 0) is 91.7 Å². The molecule has 0 spiro atoms. The predicted octanol–water partition coefficient (Wildman–Crippen LogP) is 5.06. The number of H-pyrrole nitrogens is 1.